The van der Waals surface area contributed by atoms with Crippen LogP contribution in [0.5, 0.6) is 0 Å². The predicted molar refractivity (Wildman–Crippen MR) is 146 cm³/mol. The Morgan fingerprint density at radius 1 is 1.08 bits per heavy atom. The van der Waals surface area contributed by atoms with E-state index < -0.39 is 23.5 Å². The maximum atomic E-state index is 13.7. The Balaban J connectivity index is 1.40. The molecular weight excluding hydrogens is 518 g/mol. The molecule has 5 rings (SSSR count). The summed E-state index contributed by atoms with van der Waals surface area (Å²) < 4.78 is 6.06. The number of ether oxygens (including phenoxy) is 1. The van der Waals surface area contributed by atoms with Crippen LogP contribution in [0.1, 0.15) is 22.1 Å². The van der Waals surface area contributed by atoms with Gasteiger partial charge >= 0.3 is 5.97 Å². The molecule has 0 aliphatic carbocycles. The molecule has 1 aromatic heterocycles. The summed E-state index contributed by atoms with van der Waals surface area (Å²) in [7, 11) is 0. The number of amides is 2. The van der Waals surface area contributed by atoms with Crippen LogP contribution in [0.15, 0.2) is 102 Å². The molecule has 1 N–H and O–H groups in total. The molecular formula is C29H23N3O4S2. The van der Waals surface area contributed by atoms with E-state index in [1.54, 1.807) is 0 Å². The summed E-state index contributed by atoms with van der Waals surface area (Å²) in [6.45, 7) is 0. The number of allylic oxidation sites excluding steroid dienone is 2. The van der Waals surface area contributed by atoms with Crippen molar-refractivity contribution in [3.8, 4) is 6.07 Å². The lowest BCUT2D eigenvalue weighted by Crippen LogP contribution is -2.70. The number of carbonyl (C=O) groups is 3. The lowest BCUT2D eigenvalue weighted by molar-refractivity contribution is -0.154. The highest BCUT2D eigenvalue weighted by atomic mass is 32.2. The molecule has 3 heterocycles. The SMILES string of the molecule is N#C/C=C/C1=C(C(=O)OC(c2ccccc2)c2ccccc2)N2C(=O)[C@@H](NC(=O)Cc3cccs3)[C@H]2SC1. The van der Waals surface area contributed by atoms with E-state index in [9.17, 15) is 14.4 Å². The summed E-state index contributed by atoms with van der Waals surface area (Å²) in [4.78, 5) is 41.9. The second kappa shape index (κ2) is 11.5. The first-order valence-electron chi connectivity index (χ1n) is 11.9. The first-order chi connectivity index (χ1) is 18.6. The smallest absolute Gasteiger partial charge is 0.356 e. The monoisotopic (exact) mass is 541 g/mol. The zero-order chi connectivity index (χ0) is 26.5. The summed E-state index contributed by atoms with van der Waals surface area (Å²) in [5, 5.41) is 13.4. The average Bonchev–Trinajstić information content (AvgIpc) is 3.46. The number of hydrogen-bond donors (Lipinski definition) is 1. The van der Waals surface area contributed by atoms with E-state index in [-0.39, 0.29) is 23.9 Å². The Kier molecular flexibility index (Phi) is 7.73. The third-order valence-electron chi connectivity index (χ3n) is 6.21. The van der Waals surface area contributed by atoms with Crippen molar-refractivity contribution in [1.82, 2.24) is 10.2 Å². The van der Waals surface area contributed by atoms with Crippen LogP contribution < -0.4 is 5.32 Å². The normalized spacial score (nSPS) is 18.6. The van der Waals surface area contributed by atoms with Gasteiger partial charge in [0.25, 0.3) is 5.91 Å². The number of fused-ring (bicyclic) bond motifs is 1. The number of nitrogens with one attached hydrogen (secondary N) is 1. The standard InChI is InChI=1S/C29H23N3O4S2/c30-15-7-13-21-18-38-28-24(31-23(33)17-22-14-8-16-37-22)27(34)32(28)25(21)29(35)36-26(19-9-3-1-4-10-19)20-11-5-2-6-12-20/h1-14,16,24,26,28H,17-18H2,(H,31,33)/b13-7+/t24-,28-/m1/s1. The second-order valence-corrected chi connectivity index (χ2v) is 10.8. The average molecular weight is 542 g/mol. The summed E-state index contributed by atoms with van der Waals surface area (Å²) in [6.07, 6.45) is 2.31. The molecule has 0 unspecified atom stereocenters. The van der Waals surface area contributed by atoms with Crippen molar-refractivity contribution in [2.75, 3.05) is 5.75 Å². The molecule has 0 bridgehead atoms. The zero-order valence-electron chi connectivity index (χ0n) is 20.2. The number of nitriles is 1. The largest absolute Gasteiger partial charge is 0.448 e. The third-order valence-corrected chi connectivity index (χ3v) is 8.39. The van der Waals surface area contributed by atoms with Crippen LogP contribution >= 0.6 is 23.1 Å². The fourth-order valence-electron chi connectivity index (χ4n) is 4.44. The van der Waals surface area contributed by atoms with Gasteiger partial charge in [0.15, 0.2) is 6.10 Å². The highest BCUT2D eigenvalue weighted by Crippen LogP contribution is 2.42. The minimum absolute atomic E-state index is 0.103. The molecule has 2 aromatic carbocycles. The number of β-lactam (4-membered cyclic amide) rings is 1. The van der Waals surface area contributed by atoms with Crippen molar-refractivity contribution >= 4 is 40.9 Å². The molecule has 3 aromatic rings. The minimum Gasteiger partial charge on any atom is -0.448 e. The third kappa shape index (κ3) is 5.28. The van der Waals surface area contributed by atoms with Gasteiger partial charge in [-0.3, -0.25) is 14.5 Å². The van der Waals surface area contributed by atoms with Crippen LogP contribution in [-0.2, 0) is 25.5 Å². The zero-order valence-corrected chi connectivity index (χ0v) is 21.8. The Morgan fingerprint density at radius 2 is 1.76 bits per heavy atom. The molecule has 7 nitrogen and oxygen atoms in total. The summed E-state index contributed by atoms with van der Waals surface area (Å²) in [6, 6.07) is 23.7. The van der Waals surface area contributed by atoms with E-state index in [1.165, 1.54) is 40.2 Å². The Bertz CT molecular complexity index is 1390. The van der Waals surface area contributed by atoms with Gasteiger partial charge in [-0.05, 0) is 34.2 Å². The van der Waals surface area contributed by atoms with Crippen molar-refractivity contribution in [2.45, 2.75) is 23.9 Å². The highest BCUT2D eigenvalue weighted by Gasteiger charge is 2.54. The maximum Gasteiger partial charge on any atom is 0.356 e. The van der Waals surface area contributed by atoms with E-state index >= 15 is 0 Å². The molecule has 2 aliphatic rings. The summed E-state index contributed by atoms with van der Waals surface area (Å²) in [5.41, 5.74) is 2.20. The maximum absolute atomic E-state index is 13.7. The summed E-state index contributed by atoms with van der Waals surface area (Å²) in [5.74, 6) is -0.909. The molecule has 1 fully saturated rings. The molecule has 2 atom stereocenters. The molecule has 2 amide bonds. The van der Waals surface area contributed by atoms with Gasteiger partial charge in [0.1, 0.15) is 17.1 Å². The van der Waals surface area contributed by atoms with Crippen LogP contribution in [0.3, 0.4) is 0 Å². The van der Waals surface area contributed by atoms with Crippen LogP contribution in [0.25, 0.3) is 0 Å². The number of carbonyl (C=O) groups excluding carboxylic acids is 3. The van der Waals surface area contributed by atoms with Crippen molar-refractivity contribution in [2.24, 2.45) is 0 Å². The first-order valence-corrected chi connectivity index (χ1v) is 13.9. The fraction of sp³-hybridized carbons (Fsp3) is 0.172. The summed E-state index contributed by atoms with van der Waals surface area (Å²) >= 11 is 2.91. The number of nitrogens with zero attached hydrogens (tertiary/aromatic N) is 2. The first kappa shape index (κ1) is 25.5. The van der Waals surface area contributed by atoms with E-state index in [0.29, 0.717) is 11.3 Å². The van der Waals surface area contributed by atoms with Crippen molar-refractivity contribution in [3.63, 3.8) is 0 Å². The van der Waals surface area contributed by atoms with E-state index in [2.05, 4.69) is 5.32 Å². The van der Waals surface area contributed by atoms with Crippen LogP contribution in [0.4, 0.5) is 0 Å². The lowest BCUT2D eigenvalue weighted by atomic mass is 10.0. The van der Waals surface area contributed by atoms with E-state index in [4.69, 9.17) is 10.00 Å². The number of esters is 1. The number of rotatable bonds is 8. The molecule has 1 saturated heterocycles. The van der Waals surface area contributed by atoms with Gasteiger partial charge in [-0.2, -0.15) is 5.26 Å². The van der Waals surface area contributed by atoms with Crippen molar-refractivity contribution in [1.29, 1.82) is 5.26 Å². The Morgan fingerprint density at radius 3 is 2.37 bits per heavy atom. The van der Waals surface area contributed by atoms with Gasteiger partial charge in [0.2, 0.25) is 5.91 Å². The predicted octanol–water partition coefficient (Wildman–Crippen LogP) is 4.36. The Labute approximate surface area is 228 Å². The van der Waals surface area contributed by atoms with Gasteiger partial charge in [-0.25, -0.2) is 4.79 Å². The number of benzene rings is 2. The van der Waals surface area contributed by atoms with Crippen molar-refractivity contribution in [3.05, 3.63) is 118 Å². The highest BCUT2D eigenvalue weighted by molar-refractivity contribution is 8.00. The Hall–Kier alpha value is -4.13. The number of hydrogen-bond acceptors (Lipinski definition) is 7. The lowest BCUT2D eigenvalue weighted by Gasteiger charge is -2.49. The van der Waals surface area contributed by atoms with Gasteiger partial charge in [-0.15, -0.1) is 23.1 Å². The van der Waals surface area contributed by atoms with E-state index in [0.717, 1.165) is 16.0 Å². The van der Waals surface area contributed by atoms with Gasteiger partial charge in [-0.1, -0.05) is 66.7 Å². The number of thiophene rings is 1. The van der Waals surface area contributed by atoms with E-state index in [1.807, 2.05) is 84.2 Å². The molecule has 0 radical (unpaired) electrons. The van der Waals surface area contributed by atoms with Crippen LogP contribution in [0.2, 0.25) is 0 Å². The fourth-order valence-corrected chi connectivity index (χ4v) is 6.46. The van der Waals surface area contributed by atoms with Gasteiger partial charge in [0, 0.05) is 16.7 Å². The molecule has 2 aliphatic heterocycles. The van der Waals surface area contributed by atoms with Crippen LogP contribution in [0, 0.1) is 11.3 Å². The van der Waals surface area contributed by atoms with Gasteiger partial charge in [0.05, 0.1) is 12.5 Å². The quantitative estimate of drug-likeness (QED) is 0.259. The topological polar surface area (TPSA) is 99.5 Å². The minimum atomic E-state index is -0.740. The molecule has 9 heteroatoms. The second-order valence-electron chi connectivity index (χ2n) is 8.65. The van der Waals surface area contributed by atoms with Crippen LogP contribution in [-0.4, -0.2) is 39.9 Å². The van der Waals surface area contributed by atoms with Gasteiger partial charge < -0.3 is 10.1 Å². The molecule has 190 valence electrons. The number of thioether (sulfide) groups is 1. The molecule has 0 spiro atoms. The molecule has 0 saturated carbocycles. The van der Waals surface area contributed by atoms with Crippen molar-refractivity contribution < 1.29 is 19.1 Å². The molecule has 38 heavy (non-hydrogen) atoms.